The van der Waals surface area contributed by atoms with Crippen LogP contribution < -0.4 is 5.48 Å². The molecule has 3 rings (SSSR count). The summed E-state index contributed by atoms with van der Waals surface area (Å²) in [5, 5.41) is 10.6. The maximum atomic E-state index is 8.65. The van der Waals surface area contributed by atoms with Crippen molar-refractivity contribution in [3.05, 3.63) is 0 Å². The number of fused-ring (bicyclic) bond motifs is 6. The topological polar surface area (TPSA) is 66.8 Å². The highest BCUT2D eigenvalue weighted by molar-refractivity contribution is 8.29. The van der Waals surface area contributed by atoms with E-state index in [1.54, 1.807) is 0 Å². The van der Waals surface area contributed by atoms with Gasteiger partial charge in [0.05, 0.1) is 19.9 Å². The van der Waals surface area contributed by atoms with Crippen LogP contribution in [-0.2, 0) is 13.4 Å². The SMILES string of the molecule is N#CS[Si]12OCCN(CCO1)CNO2. The summed E-state index contributed by atoms with van der Waals surface area (Å²) in [4.78, 5) is 2.13. The number of hydrogen-bond acceptors (Lipinski definition) is 7. The van der Waals surface area contributed by atoms with Gasteiger partial charge in [-0.15, -0.1) is 0 Å². The highest BCUT2D eigenvalue weighted by atomic mass is 32.4. The summed E-state index contributed by atoms with van der Waals surface area (Å²) in [5.41, 5.74) is 2.78. The van der Waals surface area contributed by atoms with Gasteiger partial charge in [-0.25, -0.2) is 0 Å². The molecule has 0 amide bonds. The first-order valence-electron chi connectivity index (χ1n) is 4.33. The number of thiocyanates is 1. The van der Waals surface area contributed by atoms with Crippen LogP contribution in [0.25, 0.3) is 0 Å². The third-order valence-electron chi connectivity index (χ3n) is 2.03. The van der Waals surface area contributed by atoms with Crippen LogP contribution in [0, 0.1) is 10.7 Å². The third-order valence-corrected chi connectivity index (χ3v) is 5.86. The number of hydrogen-bond donors (Lipinski definition) is 1. The first-order chi connectivity index (χ1) is 6.85. The van der Waals surface area contributed by atoms with Gasteiger partial charge in [-0.05, 0) is 0 Å². The molecule has 0 aromatic rings. The molecule has 6 nitrogen and oxygen atoms in total. The van der Waals surface area contributed by atoms with Crippen molar-refractivity contribution in [2.45, 2.75) is 0 Å². The predicted octanol–water partition coefficient (Wildman–Crippen LogP) is -0.523. The average molecular weight is 233 g/mol. The van der Waals surface area contributed by atoms with E-state index in [0.717, 1.165) is 24.3 Å². The highest BCUT2D eigenvalue weighted by Crippen LogP contribution is 2.24. The van der Waals surface area contributed by atoms with Crippen molar-refractivity contribution in [3.63, 3.8) is 0 Å². The third kappa shape index (κ3) is 2.26. The van der Waals surface area contributed by atoms with Crippen LogP contribution >= 0.6 is 11.2 Å². The van der Waals surface area contributed by atoms with Crippen molar-refractivity contribution in [2.24, 2.45) is 0 Å². The number of hydroxylamine groups is 1. The summed E-state index contributed by atoms with van der Waals surface area (Å²) in [5.74, 6) is 0. The van der Waals surface area contributed by atoms with Crippen LogP contribution in [-0.4, -0.2) is 45.8 Å². The smallest absolute Gasteiger partial charge is 0.363 e. The largest absolute Gasteiger partial charge is 0.605 e. The molecule has 3 aliphatic rings. The van der Waals surface area contributed by atoms with Crippen LogP contribution in [0.3, 0.4) is 0 Å². The van der Waals surface area contributed by atoms with Crippen LogP contribution in [0.5, 0.6) is 0 Å². The summed E-state index contributed by atoms with van der Waals surface area (Å²) < 4.78 is 16.4. The zero-order valence-electron chi connectivity index (χ0n) is 7.56. The van der Waals surface area contributed by atoms with Gasteiger partial charge in [-0.3, -0.25) is 9.43 Å². The molecule has 3 aliphatic heterocycles. The second kappa shape index (κ2) is 4.58. The van der Waals surface area contributed by atoms with Crippen molar-refractivity contribution in [1.82, 2.24) is 10.4 Å². The minimum atomic E-state index is -2.81. The van der Waals surface area contributed by atoms with E-state index < -0.39 is 7.95 Å². The Balaban J connectivity index is 2.09. The quantitative estimate of drug-likeness (QED) is 0.483. The van der Waals surface area contributed by atoms with Gasteiger partial charge >= 0.3 is 7.95 Å². The Hall–Kier alpha value is -0.143. The summed E-state index contributed by atoms with van der Waals surface area (Å²) in [6.07, 6.45) is 0. The first-order valence-corrected chi connectivity index (χ1v) is 7.59. The van der Waals surface area contributed by atoms with Crippen LogP contribution in [0.1, 0.15) is 0 Å². The van der Waals surface area contributed by atoms with E-state index in [0.29, 0.717) is 19.9 Å². The Morgan fingerprint density at radius 3 is 2.71 bits per heavy atom. The van der Waals surface area contributed by atoms with Crippen molar-refractivity contribution < 1.29 is 13.4 Å². The molecular formula is C6H11N3O3SSi. The molecule has 1 N–H and O–H groups in total. The predicted molar refractivity (Wildman–Crippen MR) is 51.5 cm³/mol. The van der Waals surface area contributed by atoms with E-state index in [2.05, 4.69) is 10.4 Å². The molecule has 0 aromatic heterocycles. The molecule has 0 atom stereocenters. The summed E-state index contributed by atoms with van der Waals surface area (Å²) >= 11 is 0.968. The summed E-state index contributed by atoms with van der Waals surface area (Å²) in [7, 11) is -2.81. The lowest BCUT2D eigenvalue weighted by atomic mass is 10.5. The van der Waals surface area contributed by atoms with E-state index in [-0.39, 0.29) is 0 Å². The van der Waals surface area contributed by atoms with Crippen molar-refractivity contribution in [1.29, 1.82) is 5.26 Å². The lowest BCUT2D eigenvalue weighted by Gasteiger charge is -2.35. The molecule has 0 saturated carbocycles. The van der Waals surface area contributed by atoms with Gasteiger partial charge in [-0.1, -0.05) is 0 Å². The number of rotatable bonds is 1. The number of nitriles is 1. The number of nitrogens with zero attached hydrogens (tertiary/aromatic N) is 2. The molecule has 0 unspecified atom stereocenters. The Morgan fingerprint density at radius 2 is 2.07 bits per heavy atom. The Labute approximate surface area is 87.1 Å². The standard InChI is InChI=1S/C6H11N3O3SSi/c7-5-13-14-10-3-1-9(2-4-11-14)6-8-12-14/h8H,1-4,6H2. The van der Waals surface area contributed by atoms with E-state index in [1.165, 1.54) is 0 Å². The summed E-state index contributed by atoms with van der Waals surface area (Å²) in [6.45, 7) is 3.47. The molecule has 0 aliphatic carbocycles. The molecule has 14 heavy (non-hydrogen) atoms. The van der Waals surface area contributed by atoms with E-state index in [9.17, 15) is 0 Å². The fourth-order valence-corrected chi connectivity index (χ4v) is 4.20. The van der Waals surface area contributed by atoms with Gasteiger partial charge in [0, 0.05) is 24.3 Å². The molecule has 78 valence electrons. The van der Waals surface area contributed by atoms with Crippen LogP contribution in [0.2, 0.25) is 0 Å². The fourth-order valence-electron chi connectivity index (χ4n) is 1.32. The second-order valence-electron chi connectivity index (χ2n) is 2.91. The van der Waals surface area contributed by atoms with E-state index >= 15 is 0 Å². The Kier molecular flexibility index (Phi) is 3.40. The molecule has 3 fully saturated rings. The molecule has 3 heterocycles. The van der Waals surface area contributed by atoms with Gasteiger partial charge < -0.3 is 8.85 Å². The Bertz CT molecular complexity index is 222. The summed E-state index contributed by atoms with van der Waals surface area (Å²) in [6, 6.07) is 0. The van der Waals surface area contributed by atoms with Crippen LogP contribution in [0.15, 0.2) is 0 Å². The monoisotopic (exact) mass is 233 g/mol. The van der Waals surface area contributed by atoms with Gasteiger partial charge in [0.2, 0.25) is 0 Å². The molecule has 0 radical (unpaired) electrons. The molecule has 0 spiro atoms. The zero-order valence-corrected chi connectivity index (χ0v) is 9.38. The molecule has 2 bridgehead atoms. The zero-order chi connectivity index (χ0) is 9.86. The normalized spacial score (nSPS) is 38.1. The molecule has 0 aromatic carbocycles. The maximum Gasteiger partial charge on any atom is 0.605 e. The average Bonchev–Trinajstić information content (AvgIpc) is 2.06. The first kappa shape index (κ1) is 10.4. The Morgan fingerprint density at radius 1 is 1.36 bits per heavy atom. The van der Waals surface area contributed by atoms with Crippen molar-refractivity contribution in [2.75, 3.05) is 33.0 Å². The lowest BCUT2D eigenvalue weighted by Crippen LogP contribution is -2.56. The van der Waals surface area contributed by atoms with Crippen LogP contribution in [0.4, 0.5) is 0 Å². The molecule has 8 heteroatoms. The van der Waals surface area contributed by atoms with Crippen molar-refractivity contribution >= 4 is 19.2 Å². The van der Waals surface area contributed by atoms with E-state index in [1.807, 2.05) is 5.40 Å². The highest BCUT2D eigenvalue weighted by Gasteiger charge is 2.47. The van der Waals surface area contributed by atoms with Gasteiger partial charge in [0.25, 0.3) is 0 Å². The number of nitrogens with one attached hydrogen (secondary N) is 1. The van der Waals surface area contributed by atoms with Gasteiger partial charge in [0.15, 0.2) is 0 Å². The second-order valence-corrected chi connectivity index (χ2v) is 7.19. The molecular weight excluding hydrogens is 222 g/mol. The lowest BCUT2D eigenvalue weighted by molar-refractivity contribution is -0.0355. The van der Waals surface area contributed by atoms with Crippen molar-refractivity contribution in [3.8, 4) is 5.40 Å². The van der Waals surface area contributed by atoms with Gasteiger partial charge in [0.1, 0.15) is 5.40 Å². The minimum Gasteiger partial charge on any atom is -0.363 e. The molecule has 3 saturated heterocycles. The van der Waals surface area contributed by atoms with Gasteiger partial charge in [-0.2, -0.15) is 10.7 Å². The maximum absolute atomic E-state index is 8.65. The minimum absolute atomic E-state index is 0.558. The van der Waals surface area contributed by atoms with E-state index in [4.69, 9.17) is 18.6 Å². The fraction of sp³-hybridized carbons (Fsp3) is 0.833.